The van der Waals surface area contributed by atoms with Crippen molar-refractivity contribution in [3.05, 3.63) is 30.3 Å². The molecule has 2 nitrogen and oxygen atoms in total. The van der Waals surface area contributed by atoms with Crippen molar-refractivity contribution >= 4 is 22.7 Å². The molecule has 0 spiro atoms. The Labute approximate surface area is 102 Å². The summed E-state index contributed by atoms with van der Waals surface area (Å²) in [5, 5.41) is 2.90. The van der Waals surface area contributed by atoms with Crippen LogP contribution >= 0.6 is 11.8 Å². The second-order valence-electron chi connectivity index (χ2n) is 3.69. The van der Waals surface area contributed by atoms with Gasteiger partial charge in [-0.15, -0.1) is 0 Å². The van der Waals surface area contributed by atoms with Crippen molar-refractivity contribution in [2.75, 3.05) is 11.1 Å². The first-order valence-electron chi connectivity index (χ1n) is 5.81. The SMILES string of the molecule is CCCCCCSC(=O)Nc1ccccc1. The number of anilines is 1. The summed E-state index contributed by atoms with van der Waals surface area (Å²) in [6, 6.07) is 9.57. The Hall–Kier alpha value is -0.960. The summed E-state index contributed by atoms with van der Waals surface area (Å²) in [6.07, 6.45) is 4.85. The minimum absolute atomic E-state index is 0.0442. The lowest BCUT2D eigenvalue weighted by molar-refractivity contribution is 0.269. The number of thioether (sulfide) groups is 1. The molecule has 0 atom stereocenters. The molecular weight excluding hydrogens is 218 g/mol. The van der Waals surface area contributed by atoms with Gasteiger partial charge >= 0.3 is 0 Å². The smallest absolute Gasteiger partial charge is 0.283 e. The minimum Gasteiger partial charge on any atom is -0.317 e. The summed E-state index contributed by atoms with van der Waals surface area (Å²) in [5.74, 6) is 0.915. The van der Waals surface area contributed by atoms with Crippen molar-refractivity contribution in [2.24, 2.45) is 0 Å². The second kappa shape index (κ2) is 8.22. The Morgan fingerprint density at radius 3 is 2.62 bits per heavy atom. The quantitative estimate of drug-likeness (QED) is 0.736. The lowest BCUT2D eigenvalue weighted by atomic mass is 10.2. The number of para-hydroxylation sites is 1. The maximum atomic E-state index is 11.5. The second-order valence-corrected chi connectivity index (χ2v) is 4.76. The highest BCUT2D eigenvalue weighted by Crippen LogP contribution is 2.13. The van der Waals surface area contributed by atoms with Crippen LogP contribution in [0.4, 0.5) is 10.5 Å². The highest BCUT2D eigenvalue weighted by molar-refractivity contribution is 8.13. The number of hydrogen-bond donors (Lipinski definition) is 1. The molecule has 3 heteroatoms. The fourth-order valence-electron chi connectivity index (χ4n) is 1.37. The topological polar surface area (TPSA) is 29.1 Å². The monoisotopic (exact) mass is 237 g/mol. The molecule has 1 aromatic carbocycles. The summed E-state index contributed by atoms with van der Waals surface area (Å²) >= 11 is 1.37. The Bertz CT molecular complexity index is 300. The Morgan fingerprint density at radius 2 is 1.94 bits per heavy atom. The van der Waals surface area contributed by atoms with Gasteiger partial charge in [-0.05, 0) is 18.6 Å². The molecule has 0 saturated heterocycles. The van der Waals surface area contributed by atoms with Crippen LogP contribution in [-0.2, 0) is 0 Å². The first-order chi connectivity index (χ1) is 7.83. The maximum absolute atomic E-state index is 11.5. The van der Waals surface area contributed by atoms with E-state index < -0.39 is 0 Å². The van der Waals surface area contributed by atoms with E-state index >= 15 is 0 Å². The molecule has 0 aliphatic heterocycles. The van der Waals surface area contributed by atoms with Crippen molar-refractivity contribution in [1.82, 2.24) is 0 Å². The molecule has 0 heterocycles. The summed E-state index contributed by atoms with van der Waals surface area (Å²) in [5.41, 5.74) is 0.869. The number of hydrogen-bond acceptors (Lipinski definition) is 2. The number of carbonyl (C=O) groups is 1. The molecule has 0 saturated carbocycles. The maximum Gasteiger partial charge on any atom is 0.283 e. The van der Waals surface area contributed by atoms with Crippen molar-refractivity contribution in [2.45, 2.75) is 32.6 Å². The highest BCUT2D eigenvalue weighted by atomic mass is 32.2. The van der Waals surface area contributed by atoms with Crippen LogP contribution in [0.5, 0.6) is 0 Å². The van der Waals surface area contributed by atoms with Crippen LogP contribution < -0.4 is 5.32 Å². The van der Waals surface area contributed by atoms with Crippen LogP contribution in [0.2, 0.25) is 0 Å². The first kappa shape index (κ1) is 13.1. The van der Waals surface area contributed by atoms with Crippen molar-refractivity contribution < 1.29 is 4.79 Å². The average molecular weight is 237 g/mol. The Morgan fingerprint density at radius 1 is 1.19 bits per heavy atom. The van der Waals surface area contributed by atoms with Gasteiger partial charge in [0, 0.05) is 11.4 Å². The fourth-order valence-corrected chi connectivity index (χ4v) is 2.09. The minimum atomic E-state index is 0.0442. The van der Waals surface area contributed by atoms with E-state index in [0.29, 0.717) is 0 Å². The van der Waals surface area contributed by atoms with Gasteiger partial charge in [-0.3, -0.25) is 4.79 Å². The summed E-state index contributed by atoms with van der Waals surface area (Å²) in [4.78, 5) is 11.5. The number of unbranched alkanes of at least 4 members (excludes halogenated alkanes) is 3. The van der Waals surface area contributed by atoms with E-state index in [1.807, 2.05) is 30.3 Å². The standard InChI is InChI=1S/C13H19NOS/c1-2-3-4-8-11-16-13(15)14-12-9-6-5-7-10-12/h5-7,9-10H,2-4,8,11H2,1H3,(H,14,15). The zero-order valence-corrected chi connectivity index (χ0v) is 10.6. The molecule has 0 aromatic heterocycles. The van der Waals surface area contributed by atoms with Gasteiger partial charge in [-0.2, -0.15) is 0 Å². The van der Waals surface area contributed by atoms with Gasteiger partial charge in [-0.25, -0.2) is 0 Å². The zero-order valence-electron chi connectivity index (χ0n) is 9.74. The number of carbonyl (C=O) groups excluding carboxylic acids is 1. The van der Waals surface area contributed by atoms with E-state index in [1.165, 1.54) is 31.0 Å². The normalized spacial score (nSPS) is 10.1. The van der Waals surface area contributed by atoms with Gasteiger partial charge in [0.15, 0.2) is 0 Å². The van der Waals surface area contributed by atoms with Crippen LogP contribution in [0.1, 0.15) is 32.6 Å². The molecule has 1 rings (SSSR count). The third-order valence-electron chi connectivity index (χ3n) is 2.25. The molecule has 16 heavy (non-hydrogen) atoms. The molecule has 88 valence electrons. The zero-order chi connectivity index (χ0) is 11.6. The molecule has 0 aliphatic carbocycles. The van der Waals surface area contributed by atoms with Crippen molar-refractivity contribution in [3.8, 4) is 0 Å². The van der Waals surface area contributed by atoms with Crippen LogP contribution in [-0.4, -0.2) is 11.0 Å². The van der Waals surface area contributed by atoms with Gasteiger partial charge in [0.1, 0.15) is 0 Å². The molecule has 0 bridgehead atoms. The largest absolute Gasteiger partial charge is 0.317 e. The average Bonchev–Trinajstić information content (AvgIpc) is 2.30. The molecule has 1 N–H and O–H groups in total. The molecule has 0 aliphatic rings. The number of amides is 1. The molecular formula is C13H19NOS. The van der Waals surface area contributed by atoms with E-state index in [2.05, 4.69) is 12.2 Å². The predicted octanol–water partition coefficient (Wildman–Crippen LogP) is 4.53. The molecule has 1 amide bonds. The van der Waals surface area contributed by atoms with E-state index in [4.69, 9.17) is 0 Å². The lowest BCUT2D eigenvalue weighted by Crippen LogP contribution is -2.05. The van der Waals surface area contributed by atoms with E-state index in [-0.39, 0.29) is 5.24 Å². The summed E-state index contributed by atoms with van der Waals surface area (Å²) in [6.45, 7) is 2.19. The molecule has 0 unspecified atom stereocenters. The number of rotatable bonds is 6. The van der Waals surface area contributed by atoms with E-state index in [1.54, 1.807) is 0 Å². The summed E-state index contributed by atoms with van der Waals surface area (Å²) in [7, 11) is 0. The molecule has 1 aromatic rings. The van der Waals surface area contributed by atoms with Gasteiger partial charge < -0.3 is 5.32 Å². The van der Waals surface area contributed by atoms with Gasteiger partial charge in [-0.1, -0.05) is 56.1 Å². The Kier molecular flexibility index (Phi) is 6.74. The Balaban J connectivity index is 2.12. The summed E-state index contributed by atoms with van der Waals surface area (Å²) < 4.78 is 0. The lowest BCUT2D eigenvalue weighted by Gasteiger charge is -2.03. The predicted molar refractivity (Wildman–Crippen MR) is 72.1 cm³/mol. The van der Waals surface area contributed by atoms with Crippen molar-refractivity contribution in [1.29, 1.82) is 0 Å². The number of benzene rings is 1. The van der Waals surface area contributed by atoms with Gasteiger partial charge in [0.05, 0.1) is 0 Å². The van der Waals surface area contributed by atoms with E-state index in [0.717, 1.165) is 17.9 Å². The molecule has 0 fully saturated rings. The van der Waals surface area contributed by atoms with Crippen LogP contribution in [0.25, 0.3) is 0 Å². The van der Waals surface area contributed by atoms with E-state index in [9.17, 15) is 4.79 Å². The number of nitrogens with one attached hydrogen (secondary N) is 1. The van der Waals surface area contributed by atoms with Crippen LogP contribution in [0.3, 0.4) is 0 Å². The van der Waals surface area contributed by atoms with Crippen molar-refractivity contribution in [3.63, 3.8) is 0 Å². The van der Waals surface area contributed by atoms with Gasteiger partial charge in [0.25, 0.3) is 5.24 Å². The highest BCUT2D eigenvalue weighted by Gasteiger charge is 2.01. The van der Waals surface area contributed by atoms with Gasteiger partial charge in [0.2, 0.25) is 0 Å². The fraction of sp³-hybridized carbons (Fsp3) is 0.462. The van der Waals surface area contributed by atoms with Crippen LogP contribution in [0.15, 0.2) is 30.3 Å². The third kappa shape index (κ3) is 5.81. The first-order valence-corrected chi connectivity index (χ1v) is 6.80. The molecule has 0 radical (unpaired) electrons. The van der Waals surface area contributed by atoms with Crippen LogP contribution in [0, 0.1) is 0 Å². The third-order valence-corrected chi connectivity index (χ3v) is 3.11.